The van der Waals surface area contributed by atoms with Gasteiger partial charge >= 0.3 is 6.03 Å². The van der Waals surface area contributed by atoms with Crippen molar-refractivity contribution in [1.82, 2.24) is 35.6 Å². The summed E-state index contributed by atoms with van der Waals surface area (Å²) in [6.07, 6.45) is 6.93. The number of imide groups is 1. The van der Waals surface area contributed by atoms with Crippen LogP contribution in [0.3, 0.4) is 0 Å². The molecular formula is C66H101N9O13S. The number of primary amides is 1. The standard InChI is InChI=1S/C66H101N9O13S/c1-12-40(6)60(73(9)65(84)49(38(2)3)36-53(78)59-44-19-22-48(33-44)70-59)54(86-10)37-57(81)74-26-14-16-50(74)61(87-11)42(8)51(76)35-46(63-68-25-30-89-63)32-43-17-20-47(21-18-43)71-62(82)45(15-13-24-69-66(67)85)34-52(77)58(39(4)5)72-55(79)23-28-88-29-27-75-56(80)31-41(7)64(75)83/h17-18,20-21,25,30,38-42,44-46,48-50,54,58-61,70H,12-16,19,22-24,26-29,31-37H2,1-11H3,(H,71,82)(H,72,79)(H3,67,69,85)/t40-,41?,42-,44-,45+,46+,48-,49-,50-,54+,58?,59-,60-,61+/m0/s1. The number of carbonyl (C=O) groups excluding carboxylic acids is 10. The summed E-state index contributed by atoms with van der Waals surface area (Å²) in [6, 6.07) is 4.98. The molecule has 6 rings (SSSR count). The fourth-order valence-electron chi connectivity index (χ4n) is 13.8. The van der Waals surface area contributed by atoms with Crippen LogP contribution in [0.4, 0.5) is 10.5 Å². The third kappa shape index (κ3) is 19.7. The number of nitrogens with one attached hydrogen (secondary N) is 4. The van der Waals surface area contributed by atoms with E-state index >= 15 is 0 Å². The molecule has 1 aliphatic carbocycles. The van der Waals surface area contributed by atoms with Crippen LogP contribution >= 0.6 is 11.3 Å². The van der Waals surface area contributed by atoms with E-state index in [1.807, 2.05) is 43.2 Å². The van der Waals surface area contributed by atoms with Crippen LogP contribution in [0.5, 0.6) is 0 Å². The first-order valence-electron chi connectivity index (χ1n) is 32.4. The number of ether oxygens (including phenoxy) is 3. The topological polar surface area (TPSA) is 295 Å². The molecule has 0 radical (unpaired) electrons. The number of piperidine rings is 1. The van der Waals surface area contributed by atoms with Crippen molar-refractivity contribution in [2.24, 2.45) is 53.1 Å². The van der Waals surface area contributed by atoms with E-state index in [0.717, 1.165) is 47.6 Å². The molecule has 3 aliphatic heterocycles. The third-order valence-corrected chi connectivity index (χ3v) is 20.1. The molecule has 2 aromatic rings. The maximum atomic E-state index is 14.6. The van der Waals surface area contributed by atoms with E-state index < -0.39 is 59.9 Å². The molecule has 2 unspecified atom stereocenters. The zero-order chi connectivity index (χ0) is 65.2. The Morgan fingerprint density at radius 2 is 1.63 bits per heavy atom. The normalized spacial score (nSPS) is 22.1. The van der Waals surface area contributed by atoms with Gasteiger partial charge in [-0.15, -0.1) is 11.3 Å². The quantitative estimate of drug-likeness (QED) is 0.0348. The Balaban J connectivity index is 1.06. The smallest absolute Gasteiger partial charge is 0.312 e. The number of hydrogen-bond acceptors (Lipinski definition) is 16. The van der Waals surface area contributed by atoms with Crippen LogP contribution in [0.1, 0.15) is 162 Å². The Hall–Kier alpha value is -6.01. The second-order valence-corrected chi connectivity index (χ2v) is 27.0. The Bertz CT molecular complexity index is 2730. The third-order valence-electron chi connectivity index (χ3n) is 19.1. The van der Waals surface area contributed by atoms with Gasteiger partial charge in [-0.05, 0) is 92.7 Å². The number of anilines is 1. The molecule has 494 valence electrons. The second kappa shape index (κ2) is 34.4. The number of fused-ring (bicyclic) bond motifs is 2. The monoisotopic (exact) mass is 1260 g/mol. The molecule has 14 atom stereocenters. The highest BCUT2D eigenvalue weighted by Crippen LogP contribution is 2.38. The van der Waals surface area contributed by atoms with Crippen LogP contribution in [0, 0.1) is 47.3 Å². The predicted octanol–water partition coefficient (Wildman–Crippen LogP) is 6.63. The SMILES string of the molecule is CC[C@H](C)[C@@H]([C@@H](CC(=O)N1CCC[C@H]1[C@H](OC)[C@@H](C)C(=O)C[C@@H](Cc1ccc(NC(=O)[C@H](CCCNC(N)=O)CC(=O)C(NC(=O)CCOCCN2C(=O)CC(C)C2=O)C(C)C)cc1)c1nccs1)OC)N(C)C(=O)[C@@H](CC(=O)[C@H]1N[C@H]2CC[C@H]1C2)C(C)C. The second-order valence-electron chi connectivity index (χ2n) is 26.1. The average molecular weight is 1260 g/mol. The Kier molecular flexibility index (Phi) is 27.9. The molecule has 22 nitrogen and oxygen atoms in total. The fraction of sp³-hybridized carbons (Fsp3) is 0.712. The number of hydrogen-bond donors (Lipinski definition) is 5. The summed E-state index contributed by atoms with van der Waals surface area (Å²) in [7, 11) is 4.94. The molecule has 8 amide bonds. The van der Waals surface area contributed by atoms with Gasteiger partial charge in [0.25, 0.3) is 0 Å². The lowest BCUT2D eigenvalue weighted by molar-refractivity contribution is -0.149. The number of likely N-dealkylation sites (N-methyl/N-ethyl adjacent to an activating group) is 1. The van der Waals surface area contributed by atoms with Crippen molar-refractivity contribution in [3.05, 3.63) is 46.4 Å². The number of amides is 8. The van der Waals surface area contributed by atoms with Gasteiger partial charge in [0.15, 0.2) is 11.6 Å². The first-order valence-corrected chi connectivity index (χ1v) is 33.2. The van der Waals surface area contributed by atoms with Gasteiger partial charge in [0, 0.05) is 119 Å². The zero-order valence-corrected chi connectivity index (χ0v) is 55.2. The van der Waals surface area contributed by atoms with Gasteiger partial charge in [0.05, 0.1) is 67.6 Å². The number of nitrogens with two attached hydrogens (primary N) is 1. The Morgan fingerprint density at radius 1 is 0.899 bits per heavy atom. The maximum Gasteiger partial charge on any atom is 0.312 e. The minimum atomic E-state index is -0.909. The fourth-order valence-corrected chi connectivity index (χ4v) is 14.5. The van der Waals surface area contributed by atoms with Crippen molar-refractivity contribution in [3.63, 3.8) is 0 Å². The average Bonchev–Trinajstić information content (AvgIpc) is 2.36. The van der Waals surface area contributed by atoms with Crippen LogP contribution < -0.4 is 27.0 Å². The summed E-state index contributed by atoms with van der Waals surface area (Å²) in [6.45, 7) is 16.1. The highest BCUT2D eigenvalue weighted by molar-refractivity contribution is 7.09. The lowest BCUT2D eigenvalue weighted by Gasteiger charge is -2.41. The highest BCUT2D eigenvalue weighted by Gasteiger charge is 2.46. The van der Waals surface area contributed by atoms with E-state index in [1.54, 1.807) is 65.3 Å². The molecule has 23 heteroatoms. The molecule has 4 fully saturated rings. The van der Waals surface area contributed by atoms with E-state index in [0.29, 0.717) is 43.5 Å². The molecular weight excluding hydrogens is 1160 g/mol. The first-order chi connectivity index (χ1) is 42.4. The molecule has 89 heavy (non-hydrogen) atoms. The van der Waals surface area contributed by atoms with Crippen molar-refractivity contribution in [3.8, 4) is 0 Å². The number of nitrogens with zero attached hydrogens (tertiary/aromatic N) is 4. The summed E-state index contributed by atoms with van der Waals surface area (Å²) >= 11 is 1.46. The number of likely N-dealkylation sites (tertiary alicyclic amines) is 2. The molecule has 0 spiro atoms. The zero-order valence-electron chi connectivity index (χ0n) is 54.4. The predicted molar refractivity (Wildman–Crippen MR) is 338 cm³/mol. The minimum Gasteiger partial charge on any atom is -0.379 e. The number of Topliss-reactive ketones (excluding diaryl/α,β-unsaturated/α-hetero) is 3. The van der Waals surface area contributed by atoms with Gasteiger partial charge in [-0.25, -0.2) is 9.78 Å². The van der Waals surface area contributed by atoms with Crippen molar-refractivity contribution >= 4 is 75.8 Å². The number of rotatable bonds is 38. The van der Waals surface area contributed by atoms with Crippen molar-refractivity contribution in [2.75, 3.05) is 59.4 Å². The van der Waals surface area contributed by atoms with E-state index in [4.69, 9.17) is 19.9 Å². The summed E-state index contributed by atoms with van der Waals surface area (Å²) in [5.74, 6) is -4.63. The minimum absolute atomic E-state index is 0.00336. The number of ketones is 3. The lowest BCUT2D eigenvalue weighted by Crippen LogP contribution is -2.54. The number of aromatic nitrogens is 1. The summed E-state index contributed by atoms with van der Waals surface area (Å²) < 4.78 is 17.9. The highest BCUT2D eigenvalue weighted by atomic mass is 32.1. The molecule has 1 saturated carbocycles. The van der Waals surface area contributed by atoms with Crippen LogP contribution in [-0.2, 0) is 63.8 Å². The van der Waals surface area contributed by atoms with Crippen molar-refractivity contribution < 1.29 is 62.2 Å². The number of methoxy groups -OCH3 is 2. The van der Waals surface area contributed by atoms with Gasteiger partial charge in [-0.3, -0.25) is 48.1 Å². The van der Waals surface area contributed by atoms with Gasteiger partial charge in [0.2, 0.25) is 35.4 Å². The van der Waals surface area contributed by atoms with E-state index in [9.17, 15) is 47.9 Å². The summed E-state index contributed by atoms with van der Waals surface area (Å²) in [5, 5.41) is 14.4. The molecule has 1 aromatic carbocycles. The van der Waals surface area contributed by atoms with E-state index in [-0.39, 0.29) is 154 Å². The van der Waals surface area contributed by atoms with Gasteiger partial charge in [0.1, 0.15) is 5.78 Å². The van der Waals surface area contributed by atoms with Crippen molar-refractivity contribution in [2.45, 2.75) is 200 Å². The molecule has 6 N–H and O–H groups in total. The molecule has 3 saturated heterocycles. The number of carbonyl (C=O) groups is 10. The lowest BCUT2D eigenvalue weighted by atomic mass is 9.83. The van der Waals surface area contributed by atoms with Crippen LogP contribution in [-0.4, -0.2) is 175 Å². The molecule has 4 aliphatic rings. The van der Waals surface area contributed by atoms with Gasteiger partial charge in [-0.2, -0.15) is 0 Å². The van der Waals surface area contributed by atoms with Crippen LogP contribution in [0.15, 0.2) is 35.8 Å². The number of urea groups is 1. The van der Waals surface area contributed by atoms with Crippen LogP contribution in [0.2, 0.25) is 0 Å². The first kappa shape index (κ1) is 72.1. The maximum absolute atomic E-state index is 14.6. The Morgan fingerprint density at radius 3 is 2.21 bits per heavy atom. The largest absolute Gasteiger partial charge is 0.379 e. The molecule has 1 aromatic heterocycles. The molecule has 2 bridgehead atoms. The van der Waals surface area contributed by atoms with Gasteiger partial charge < -0.3 is 51.0 Å². The number of benzene rings is 1. The summed E-state index contributed by atoms with van der Waals surface area (Å²) in [5.41, 5.74) is 6.65. The van der Waals surface area contributed by atoms with Crippen LogP contribution in [0.25, 0.3) is 0 Å². The van der Waals surface area contributed by atoms with Gasteiger partial charge in [-0.1, -0.05) is 73.9 Å². The number of thiazole rings is 1. The molecule has 4 heterocycles. The van der Waals surface area contributed by atoms with E-state index in [1.165, 1.54) is 11.3 Å². The van der Waals surface area contributed by atoms with Crippen molar-refractivity contribution in [1.29, 1.82) is 0 Å². The summed E-state index contributed by atoms with van der Waals surface area (Å²) in [4.78, 5) is 144. The Labute approximate surface area is 530 Å². The van der Waals surface area contributed by atoms with E-state index in [2.05, 4.69) is 40.1 Å².